The lowest BCUT2D eigenvalue weighted by atomic mass is 9.84. The van der Waals surface area contributed by atoms with Gasteiger partial charge in [-0.3, -0.25) is 0 Å². The molecule has 0 spiro atoms. The lowest BCUT2D eigenvalue weighted by Gasteiger charge is -2.19. The molecule has 11 aromatic carbocycles. The molecule has 0 fully saturated rings. The Hall–Kier alpha value is -8.25. The first-order valence-electron chi connectivity index (χ1n) is 20.8. The second-order valence-electron chi connectivity index (χ2n) is 16.0. The fourth-order valence-electron chi connectivity index (χ4n) is 9.75. The summed E-state index contributed by atoms with van der Waals surface area (Å²) in [6.07, 6.45) is 0. The highest BCUT2D eigenvalue weighted by Crippen LogP contribution is 2.47. The van der Waals surface area contributed by atoms with E-state index in [1.807, 2.05) is 12.1 Å². The quantitative estimate of drug-likeness (QED) is 0.122. The van der Waals surface area contributed by atoms with E-state index in [1.54, 1.807) is 0 Å². The van der Waals surface area contributed by atoms with Gasteiger partial charge in [0.1, 0.15) is 0 Å². The third-order valence-electron chi connectivity index (χ3n) is 12.5. The van der Waals surface area contributed by atoms with Crippen LogP contribution in [0.5, 0.6) is 0 Å². The molecule has 2 nitrogen and oxygen atoms in total. The first-order valence-corrected chi connectivity index (χ1v) is 20.8. The molecular weight excluding hydrogens is 737 g/mol. The molecule has 282 valence electrons. The van der Waals surface area contributed by atoms with Crippen LogP contribution in [0.3, 0.4) is 0 Å². The van der Waals surface area contributed by atoms with Crippen LogP contribution in [0, 0.1) is 11.3 Å². The van der Waals surface area contributed by atoms with Crippen molar-refractivity contribution in [2.24, 2.45) is 0 Å². The zero-order valence-corrected chi connectivity index (χ0v) is 33.2. The second-order valence-corrected chi connectivity index (χ2v) is 16.0. The van der Waals surface area contributed by atoms with Gasteiger partial charge in [-0.15, -0.1) is 0 Å². The summed E-state index contributed by atoms with van der Waals surface area (Å²) in [6, 6.07) is 81.4. The van der Waals surface area contributed by atoms with E-state index in [0.717, 1.165) is 33.2 Å². The molecule has 61 heavy (non-hydrogen) atoms. The first kappa shape index (κ1) is 34.8. The Morgan fingerprint density at radius 3 is 1.33 bits per heavy atom. The number of nitriles is 1. The van der Waals surface area contributed by atoms with E-state index >= 15 is 0 Å². The summed E-state index contributed by atoms with van der Waals surface area (Å²) in [4.78, 5) is 0. The van der Waals surface area contributed by atoms with E-state index in [9.17, 15) is 5.26 Å². The molecule has 12 aromatic rings. The van der Waals surface area contributed by atoms with Crippen molar-refractivity contribution in [3.05, 3.63) is 224 Å². The monoisotopic (exact) mass is 772 g/mol. The maximum absolute atomic E-state index is 10.1. The zero-order valence-electron chi connectivity index (χ0n) is 33.2. The Balaban J connectivity index is 1.12. The van der Waals surface area contributed by atoms with Crippen LogP contribution in [0.15, 0.2) is 218 Å². The van der Waals surface area contributed by atoms with Crippen molar-refractivity contribution in [3.63, 3.8) is 0 Å². The molecule has 0 saturated heterocycles. The molecule has 0 saturated carbocycles. The van der Waals surface area contributed by atoms with Crippen LogP contribution in [0.2, 0.25) is 0 Å². The van der Waals surface area contributed by atoms with Crippen molar-refractivity contribution < 1.29 is 0 Å². The molecule has 2 heteroatoms. The van der Waals surface area contributed by atoms with Crippen molar-refractivity contribution in [2.45, 2.75) is 0 Å². The Kier molecular flexibility index (Phi) is 7.95. The number of nitrogens with zero attached hydrogens (tertiary/aromatic N) is 2. The van der Waals surface area contributed by atoms with Crippen LogP contribution in [-0.4, -0.2) is 4.57 Å². The van der Waals surface area contributed by atoms with Gasteiger partial charge in [0, 0.05) is 16.5 Å². The Morgan fingerprint density at radius 2 is 0.754 bits per heavy atom. The van der Waals surface area contributed by atoms with Crippen LogP contribution < -0.4 is 0 Å². The van der Waals surface area contributed by atoms with Crippen molar-refractivity contribution in [1.29, 1.82) is 5.26 Å². The smallest absolute Gasteiger partial charge is 0.0992 e. The predicted octanol–water partition coefficient (Wildman–Crippen LogP) is 15.9. The number of hydrogen-bond donors (Lipinski definition) is 0. The molecular formula is C59H36N2. The van der Waals surface area contributed by atoms with Gasteiger partial charge in [-0.2, -0.15) is 5.26 Å². The summed E-state index contributed by atoms with van der Waals surface area (Å²) in [6.45, 7) is 0. The predicted molar refractivity (Wildman–Crippen MR) is 256 cm³/mol. The fourth-order valence-corrected chi connectivity index (χ4v) is 9.75. The average Bonchev–Trinajstić information content (AvgIpc) is 3.67. The van der Waals surface area contributed by atoms with Gasteiger partial charge < -0.3 is 4.57 Å². The molecule has 0 aliphatic rings. The number of fused-ring (bicyclic) bond motifs is 2. The zero-order chi connectivity index (χ0) is 40.4. The summed E-state index contributed by atoms with van der Waals surface area (Å²) < 4.78 is 2.33. The minimum absolute atomic E-state index is 0.660. The van der Waals surface area contributed by atoms with Gasteiger partial charge in [0.2, 0.25) is 0 Å². The van der Waals surface area contributed by atoms with Crippen molar-refractivity contribution >= 4 is 54.1 Å². The molecule has 0 bridgehead atoms. The number of benzene rings is 11. The molecule has 0 amide bonds. The molecule has 0 atom stereocenters. The first-order chi connectivity index (χ1) is 30.2. The number of rotatable bonds is 6. The molecule has 12 rings (SSSR count). The van der Waals surface area contributed by atoms with Gasteiger partial charge in [-0.1, -0.05) is 176 Å². The lowest BCUT2D eigenvalue weighted by molar-refractivity contribution is 1.18. The van der Waals surface area contributed by atoms with Gasteiger partial charge >= 0.3 is 0 Å². The van der Waals surface area contributed by atoms with Crippen LogP contribution in [0.4, 0.5) is 0 Å². The third kappa shape index (κ3) is 5.64. The summed E-state index contributed by atoms with van der Waals surface area (Å²) >= 11 is 0. The normalized spacial score (nSPS) is 11.6. The summed E-state index contributed by atoms with van der Waals surface area (Å²) in [7, 11) is 0. The van der Waals surface area contributed by atoms with Crippen LogP contribution in [0.25, 0.3) is 115 Å². The number of para-hydroxylation sites is 1. The maximum Gasteiger partial charge on any atom is 0.0992 e. The largest absolute Gasteiger partial charge is 0.309 e. The Morgan fingerprint density at radius 1 is 0.311 bits per heavy atom. The van der Waals surface area contributed by atoms with Crippen molar-refractivity contribution in [1.82, 2.24) is 4.57 Å². The number of aromatic nitrogens is 1. The summed E-state index contributed by atoms with van der Waals surface area (Å²) in [5.74, 6) is 0. The highest BCUT2D eigenvalue weighted by Gasteiger charge is 2.21. The Labute approximate surface area is 353 Å². The minimum atomic E-state index is 0.660. The van der Waals surface area contributed by atoms with E-state index in [2.05, 4.69) is 217 Å². The van der Waals surface area contributed by atoms with E-state index < -0.39 is 0 Å². The highest BCUT2D eigenvalue weighted by molar-refractivity contribution is 6.26. The second kappa shape index (κ2) is 13.9. The average molecular weight is 773 g/mol. The molecule has 0 unspecified atom stereocenters. The van der Waals surface area contributed by atoms with E-state index in [-0.39, 0.29) is 0 Å². The molecule has 0 aliphatic carbocycles. The molecule has 0 N–H and O–H groups in total. The molecule has 1 heterocycles. The van der Waals surface area contributed by atoms with E-state index in [1.165, 1.54) is 82.2 Å². The van der Waals surface area contributed by atoms with Crippen LogP contribution >= 0.6 is 0 Å². The van der Waals surface area contributed by atoms with E-state index in [0.29, 0.717) is 5.56 Å². The molecule has 1 aromatic heterocycles. The van der Waals surface area contributed by atoms with E-state index in [4.69, 9.17) is 0 Å². The molecule has 0 aliphatic heterocycles. The maximum atomic E-state index is 10.1. The summed E-state index contributed by atoms with van der Waals surface area (Å²) in [5.41, 5.74) is 15.9. The third-order valence-corrected chi connectivity index (χ3v) is 12.5. The van der Waals surface area contributed by atoms with Gasteiger partial charge in [0.05, 0.1) is 22.7 Å². The minimum Gasteiger partial charge on any atom is -0.309 e. The van der Waals surface area contributed by atoms with Gasteiger partial charge in [-0.25, -0.2) is 0 Å². The van der Waals surface area contributed by atoms with Crippen LogP contribution in [-0.2, 0) is 0 Å². The van der Waals surface area contributed by atoms with Gasteiger partial charge in [-0.05, 0) is 130 Å². The topological polar surface area (TPSA) is 28.7 Å². The van der Waals surface area contributed by atoms with Crippen molar-refractivity contribution in [3.8, 4) is 67.4 Å². The van der Waals surface area contributed by atoms with Gasteiger partial charge in [0.25, 0.3) is 0 Å². The standard InChI is InChI=1S/C59H36N2/c60-37-38-32-46-28-29-47-34-48(36-55-59(47)58(46)54(33-38)61(55)49-16-8-3-9-17-49)45-30-31-52-53(35-45)57(44-26-22-42(23-27-44)40-14-6-2-7-15-40)51-19-11-10-18-50(51)56(52)43-24-20-41(21-25-43)39-12-4-1-5-13-39/h1-36H. The molecule has 0 radical (unpaired) electrons. The Bertz CT molecular complexity index is 3650. The lowest BCUT2D eigenvalue weighted by Crippen LogP contribution is -1.94. The summed E-state index contributed by atoms with van der Waals surface area (Å²) in [5, 5.41) is 19.6. The number of hydrogen-bond acceptors (Lipinski definition) is 1. The SMILES string of the molecule is N#Cc1cc2ccc3cc(-c4ccc5c(-c6ccc(-c7ccccc7)cc6)c6ccccc6c(-c6ccc(-c7ccccc7)cc6)c5c4)cc4c3c2c(c1)n4-c1ccccc1. The van der Waals surface area contributed by atoms with Crippen molar-refractivity contribution in [2.75, 3.05) is 0 Å². The van der Waals surface area contributed by atoms with Crippen LogP contribution in [0.1, 0.15) is 5.56 Å². The fraction of sp³-hybridized carbons (Fsp3) is 0. The van der Waals surface area contributed by atoms with Gasteiger partial charge in [0.15, 0.2) is 0 Å². The highest BCUT2D eigenvalue weighted by atomic mass is 15.0.